The molecule has 2 N–H and O–H groups in total. The first-order valence-corrected chi connectivity index (χ1v) is 6.88. The third-order valence-corrected chi connectivity index (χ3v) is 2.79. The second kappa shape index (κ2) is 7.24. The van der Waals surface area contributed by atoms with E-state index in [1.807, 2.05) is 68.4 Å². The SMILES string of the molecule is CCOC(=N)c1cccc(NC(C)=Nc2ccccc2)c1. The summed E-state index contributed by atoms with van der Waals surface area (Å²) in [7, 11) is 0. The first-order valence-electron chi connectivity index (χ1n) is 6.88. The Bertz CT molecular complexity index is 635. The fourth-order valence-corrected chi connectivity index (χ4v) is 1.90. The molecule has 4 nitrogen and oxygen atoms in total. The summed E-state index contributed by atoms with van der Waals surface area (Å²) in [5.74, 6) is 0.972. The molecule has 0 atom stereocenters. The molecule has 2 rings (SSSR count). The molecule has 2 aromatic rings. The number of para-hydroxylation sites is 1. The number of nitrogens with zero attached hydrogens (tertiary/aromatic N) is 1. The van der Waals surface area contributed by atoms with Gasteiger partial charge < -0.3 is 10.1 Å². The lowest BCUT2D eigenvalue weighted by molar-refractivity contribution is 0.325. The van der Waals surface area contributed by atoms with E-state index in [4.69, 9.17) is 10.1 Å². The van der Waals surface area contributed by atoms with Gasteiger partial charge in [0.15, 0.2) is 0 Å². The maximum Gasteiger partial charge on any atom is 0.213 e. The third-order valence-electron chi connectivity index (χ3n) is 2.79. The molecule has 0 radical (unpaired) electrons. The number of amidine groups is 1. The van der Waals surface area contributed by atoms with Gasteiger partial charge in [0.25, 0.3) is 0 Å². The molecule has 0 aliphatic carbocycles. The van der Waals surface area contributed by atoms with Crippen LogP contribution in [0.4, 0.5) is 11.4 Å². The maximum atomic E-state index is 7.81. The molecule has 108 valence electrons. The Morgan fingerprint density at radius 1 is 1.14 bits per heavy atom. The lowest BCUT2D eigenvalue weighted by Gasteiger charge is -2.09. The van der Waals surface area contributed by atoms with E-state index in [-0.39, 0.29) is 5.90 Å². The number of rotatable bonds is 4. The highest BCUT2D eigenvalue weighted by molar-refractivity contribution is 5.97. The highest BCUT2D eigenvalue weighted by Gasteiger charge is 2.03. The molecule has 21 heavy (non-hydrogen) atoms. The van der Waals surface area contributed by atoms with Crippen molar-refractivity contribution < 1.29 is 4.74 Å². The molecule has 4 heteroatoms. The molecule has 0 unspecified atom stereocenters. The maximum absolute atomic E-state index is 7.81. The average molecular weight is 281 g/mol. The molecule has 0 fully saturated rings. The second-order valence-electron chi connectivity index (χ2n) is 4.50. The minimum absolute atomic E-state index is 0.179. The van der Waals surface area contributed by atoms with Gasteiger partial charge in [0.1, 0.15) is 5.84 Å². The van der Waals surface area contributed by atoms with Gasteiger partial charge in [0, 0.05) is 11.3 Å². The zero-order valence-electron chi connectivity index (χ0n) is 12.3. The molecular formula is C17H19N3O. The zero-order valence-corrected chi connectivity index (χ0v) is 12.3. The van der Waals surface area contributed by atoms with Crippen LogP contribution in [0.25, 0.3) is 0 Å². The monoisotopic (exact) mass is 281 g/mol. The average Bonchev–Trinajstić information content (AvgIpc) is 2.48. The summed E-state index contributed by atoms with van der Waals surface area (Å²) >= 11 is 0. The van der Waals surface area contributed by atoms with Crippen molar-refractivity contribution in [3.05, 3.63) is 60.2 Å². The van der Waals surface area contributed by atoms with Gasteiger partial charge in [-0.1, -0.05) is 24.3 Å². The molecule has 0 amide bonds. The summed E-state index contributed by atoms with van der Waals surface area (Å²) in [6.07, 6.45) is 0. The molecule has 0 spiro atoms. The highest BCUT2D eigenvalue weighted by Crippen LogP contribution is 2.14. The Hall–Kier alpha value is -2.62. The molecule has 0 heterocycles. The van der Waals surface area contributed by atoms with Gasteiger partial charge in [-0.3, -0.25) is 5.41 Å². The van der Waals surface area contributed by atoms with Crippen LogP contribution in [0, 0.1) is 5.41 Å². The van der Waals surface area contributed by atoms with Gasteiger partial charge in [-0.2, -0.15) is 0 Å². The topological polar surface area (TPSA) is 57.5 Å². The van der Waals surface area contributed by atoms with Crippen molar-refractivity contribution >= 4 is 23.1 Å². The van der Waals surface area contributed by atoms with E-state index in [1.165, 1.54) is 0 Å². The van der Waals surface area contributed by atoms with Crippen LogP contribution in [-0.2, 0) is 4.74 Å². The molecule has 0 aliphatic rings. The Morgan fingerprint density at radius 2 is 1.90 bits per heavy atom. The summed E-state index contributed by atoms with van der Waals surface area (Å²) < 4.78 is 5.21. The van der Waals surface area contributed by atoms with Gasteiger partial charge in [-0.15, -0.1) is 0 Å². The Balaban J connectivity index is 2.11. The Morgan fingerprint density at radius 3 is 2.62 bits per heavy atom. The Labute approximate surface area is 125 Å². The van der Waals surface area contributed by atoms with Crippen molar-refractivity contribution in [2.24, 2.45) is 4.99 Å². The number of aliphatic imine (C=N–C) groups is 1. The van der Waals surface area contributed by atoms with Crippen LogP contribution in [0.2, 0.25) is 0 Å². The van der Waals surface area contributed by atoms with E-state index in [0.29, 0.717) is 6.61 Å². The van der Waals surface area contributed by atoms with Gasteiger partial charge >= 0.3 is 0 Å². The van der Waals surface area contributed by atoms with Crippen LogP contribution in [0.1, 0.15) is 19.4 Å². The fourth-order valence-electron chi connectivity index (χ4n) is 1.90. The van der Waals surface area contributed by atoms with Gasteiger partial charge in [0.05, 0.1) is 12.3 Å². The number of nitrogens with one attached hydrogen (secondary N) is 2. The minimum atomic E-state index is 0.179. The van der Waals surface area contributed by atoms with Crippen molar-refractivity contribution in [1.29, 1.82) is 5.41 Å². The molecular weight excluding hydrogens is 262 g/mol. The predicted octanol–water partition coefficient (Wildman–Crippen LogP) is 4.21. The van der Waals surface area contributed by atoms with Crippen molar-refractivity contribution in [1.82, 2.24) is 0 Å². The smallest absolute Gasteiger partial charge is 0.213 e. The normalized spacial score (nSPS) is 11.0. The fraction of sp³-hybridized carbons (Fsp3) is 0.176. The molecule has 0 bridgehead atoms. The lowest BCUT2D eigenvalue weighted by atomic mass is 10.2. The summed E-state index contributed by atoms with van der Waals surface area (Å²) in [6.45, 7) is 4.27. The number of anilines is 1. The summed E-state index contributed by atoms with van der Waals surface area (Å²) in [6, 6.07) is 17.3. The zero-order chi connectivity index (χ0) is 15.1. The molecule has 2 aromatic carbocycles. The molecule has 0 saturated heterocycles. The van der Waals surface area contributed by atoms with Crippen LogP contribution >= 0.6 is 0 Å². The van der Waals surface area contributed by atoms with Crippen LogP contribution in [-0.4, -0.2) is 18.3 Å². The summed E-state index contributed by atoms with van der Waals surface area (Å²) in [5, 5.41) is 11.0. The van der Waals surface area contributed by atoms with Crippen LogP contribution in [0.5, 0.6) is 0 Å². The van der Waals surface area contributed by atoms with Crippen molar-refractivity contribution in [3.63, 3.8) is 0 Å². The first-order chi connectivity index (χ1) is 10.2. The summed E-state index contributed by atoms with van der Waals surface area (Å²) in [5.41, 5.74) is 2.53. The standard InChI is InChI=1S/C17H19N3O/c1-3-21-17(18)14-8-7-11-16(12-14)20-13(2)19-15-9-5-4-6-10-15/h4-12,18H,3H2,1-2H3,(H,19,20). The number of ether oxygens (including phenoxy) is 1. The van der Waals surface area contributed by atoms with Gasteiger partial charge in [-0.05, 0) is 44.2 Å². The van der Waals surface area contributed by atoms with E-state index >= 15 is 0 Å². The number of hydrogen-bond donors (Lipinski definition) is 2. The van der Waals surface area contributed by atoms with E-state index in [2.05, 4.69) is 10.3 Å². The highest BCUT2D eigenvalue weighted by atomic mass is 16.5. The largest absolute Gasteiger partial charge is 0.478 e. The molecule has 0 aliphatic heterocycles. The lowest BCUT2D eigenvalue weighted by Crippen LogP contribution is -2.09. The van der Waals surface area contributed by atoms with Crippen LogP contribution in [0.3, 0.4) is 0 Å². The number of benzene rings is 2. The van der Waals surface area contributed by atoms with Crippen molar-refractivity contribution in [2.75, 3.05) is 11.9 Å². The minimum Gasteiger partial charge on any atom is -0.478 e. The van der Waals surface area contributed by atoms with E-state index in [0.717, 1.165) is 22.8 Å². The second-order valence-corrected chi connectivity index (χ2v) is 4.50. The van der Waals surface area contributed by atoms with Gasteiger partial charge in [0.2, 0.25) is 5.90 Å². The third kappa shape index (κ3) is 4.45. The first kappa shape index (κ1) is 14.8. The Kier molecular flexibility index (Phi) is 5.10. The predicted molar refractivity (Wildman–Crippen MR) is 87.7 cm³/mol. The number of hydrogen-bond acceptors (Lipinski definition) is 3. The summed E-state index contributed by atoms with van der Waals surface area (Å²) in [4.78, 5) is 4.49. The quantitative estimate of drug-likeness (QED) is 0.651. The van der Waals surface area contributed by atoms with Gasteiger partial charge in [-0.25, -0.2) is 4.99 Å². The van der Waals surface area contributed by atoms with Crippen molar-refractivity contribution in [3.8, 4) is 0 Å². The van der Waals surface area contributed by atoms with E-state index < -0.39 is 0 Å². The van der Waals surface area contributed by atoms with E-state index in [1.54, 1.807) is 0 Å². The molecule has 0 saturated carbocycles. The molecule has 0 aromatic heterocycles. The van der Waals surface area contributed by atoms with Crippen molar-refractivity contribution in [2.45, 2.75) is 13.8 Å². The van der Waals surface area contributed by atoms with Crippen LogP contribution < -0.4 is 5.32 Å². The van der Waals surface area contributed by atoms with Crippen LogP contribution in [0.15, 0.2) is 59.6 Å². The van der Waals surface area contributed by atoms with E-state index in [9.17, 15) is 0 Å².